The maximum atomic E-state index is 9.16. The summed E-state index contributed by atoms with van der Waals surface area (Å²) in [4.78, 5) is 0. The predicted octanol–water partition coefficient (Wildman–Crippen LogP) is 5.93. The van der Waals surface area contributed by atoms with Gasteiger partial charge in [-0.3, -0.25) is 0 Å². The molecule has 1 heterocycles. The van der Waals surface area contributed by atoms with Crippen LogP contribution in [0.4, 0.5) is 5.69 Å². The van der Waals surface area contributed by atoms with Crippen molar-refractivity contribution in [1.29, 1.82) is 5.26 Å². The lowest BCUT2D eigenvalue weighted by atomic mass is 9.43. The van der Waals surface area contributed by atoms with Gasteiger partial charge in [0, 0.05) is 31.1 Å². The van der Waals surface area contributed by atoms with Gasteiger partial charge in [0.15, 0.2) is 0 Å². The molecular weight excluding hydrogens is 375 g/mol. The van der Waals surface area contributed by atoms with Crippen molar-refractivity contribution in [2.75, 3.05) is 18.5 Å². The summed E-state index contributed by atoms with van der Waals surface area (Å²) in [7, 11) is 3.13. The Hall–Kier alpha value is -2.29. The molecule has 1 aliphatic rings. The number of anilines is 1. The lowest BCUT2D eigenvalue weighted by molar-refractivity contribution is 0.277. The quantitative estimate of drug-likeness (QED) is 0.440. The first-order chi connectivity index (χ1) is 14.1. The number of hydrogen-bond acceptors (Lipinski definition) is 3. The number of rotatable bonds is 6. The fourth-order valence-corrected chi connectivity index (χ4v) is 5.36. The molecule has 1 saturated heterocycles. The Morgan fingerprint density at radius 2 is 1.72 bits per heavy atom. The summed E-state index contributed by atoms with van der Waals surface area (Å²) in [6.07, 6.45) is 6.10. The highest BCUT2D eigenvalue weighted by Gasteiger charge is 2.27. The Morgan fingerprint density at radius 1 is 1.14 bits per heavy atom. The largest absolute Gasteiger partial charge is 0.388 e. The second kappa shape index (κ2) is 12.3. The summed E-state index contributed by atoms with van der Waals surface area (Å²) in [6.45, 7) is 4.92. The van der Waals surface area contributed by atoms with Crippen LogP contribution in [0.2, 0.25) is 12.6 Å². The van der Waals surface area contributed by atoms with Crippen LogP contribution in [-0.2, 0) is 11.3 Å². The first-order valence-electron chi connectivity index (χ1n) is 9.99. The van der Waals surface area contributed by atoms with Gasteiger partial charge in [0.1, 0.15) is 0 Å². The molecule has 0 saturated carbocycles. The van der Waals surface area contributed by atoms with Crippen LogP contribution in [0.3, 0.4) is 0 Å². The molecule has 0 aliphatic carbocycles. The first kappa shape index (κ1) is 23.0. The van der Waals surface area contributed by atoms with Gasteiger partial charge in [-0.15, -0.1) is 0 Å². The highest BCUT2D eigenvalue weighted by molar-refractivity contribution is 8.15. The third kappa shape index (κ3) is 6.92. The van der Waals surface area contributed by atoms with Crippen molar-refractivity contribution in [3.63, 3.8) is 0 Å². The van der Waals surface area contributed by atoms with E-state index in [4.69, 9.17) is 5.26 Å². The molecule has 0 spiro atoms. The molecule has 1 fully saturated rings. The number of ether oxygens (including phenoxy) is 1. The Morgan fingerprint density at radius 3 is 2.24 bits per heavy atom. The van der Waals surface area contributed by atoms with Gasteiger partial charge < -0.3 is 9.04 Å². The fraction of sp³-hybridized carbons (Fsp3) is 0.333. The average Bonchev–Trinajstić information content (AvgIpc) is 2.78. The Balaban J connectivity index is 0.000000941. The number of nitriles is 1. The minimum atomic E-state index is -0.116. The average molecular weight is 406 g/mol. The molecule has 1 aliphatic heterocycles. The van der Waals surface area contributed by atoms with Crippen molar-refractivity contribution < 1.29 is 4.74 Å². The van der Waals surface area contributed by atoms with E-state index in [0.29, 0.717) is 5.25 Å². The molecule has 29 heavy (non-hydrogen) atoms. The lowest BCUT2D eigenvalue weighted by Gasteiger charge is -2.35. The number of benzene rings is 2. The zero-order chi connectivity index (χ0) is 21.1. The van der Waals surface area contributed by atoms with E-state index < -0.39 is 0 Å². The third-order valence-electron chi connectivity index (χ3n) is 5.11. The number of methoxy groups -OCH3 is 1. The molecule has 152 valence electrons. The monoisotopic (exact) mass is 406 g/mol. The summed E-state index contributed by atoms with van der Waals surface area (Å²) in [5.74, 6) is 7.01. The van der Waals surface area contributed by atoms with Gasteiger partial charge in [-0.25, -0.2) is 5.26 Å². The Labute approximate surface area is 179 Å². The highest BCUT2D eigenvalue weighted by atomic mass is 32.2. The molecular formula is C24H31BN2OS. The summed E-state index contributed by atoms with van der Waals surface area (Å²) in [5.41, 5.74) is 3.65. The summed E-state index contributed by atoms with van der Waals surface area (Å²) >= 11 is 0. The van der Waals surface area contributed by atoms with Crippen molar-refractivity contribution in [3.8, 4) is 5.97 Å². The third-order valence-corrected chi connectivity index (χ3v) is 7.26. The molecule has 0 N–H and O–H groups in total. The standard InChI is InChI=1S/C22H25BN2S.C2H6O/c1-3-19-9-11-20(12-10-19)17-25(21-7-5-4-6-8-21)26(2)22-13-15-23(18-24)16-14-22;1-3-2/h3-12,22H,1-2,13-17H2;1-2H3. The van der Waals surface area contributed by atoms with Crippen LogP contribution in [0.1, 0.15) is 24.0 Å². The summed E-state index contributed by atoms with van der Waals surface area (Å²) in [5, 5.41) is 9.72. The molecule has 3 rings (SSSR count). The van der Waals surface area contributed by atoms with Gasteiger partial charge in [0.2, 0.25) is 0 Å². The summed E-state index contributed by atoms with van der Waals surface area (Å²) in [6, 6.07) is 19.2. The van der Waals surface area contributed by atoms with E-state index in [1.807, 2.05) is 6.08 Å². The van der Waals surface area contributed by atoms with E-state index in [0.717, 1.165) is 37.6 Å². The first-order valence-corrected chi connectivity index (χ1v) is 11.4. The van der Waals surface area contributed by atoms with Crippen LogP contribution in [0.15, 0.2) is 61.2 Å². The second-order valence-corrected chi connectivity index (χ2v) is 9.14. The maximum absolute atomic E-state index is 9.16. The van der Waals surface area contributed by atoms with E-state index in [-0.39, 0.29) is 17.4 Å². The van der Waals surface area contributed by atoms with E-state index in [1.54, 1.807) is 14.2 Å². The molecule has 2 aromatic rings. The SMILES string of the molecule is C=Cc1ccc(CN(c2ccccc2)S(=C)C2CCB(C#N)CC2)cc1.COC. The van der Waals surface area contributed by atoms with Crippen LogP contribution in [0.5, 0.6) is 0 Å². The van der Waals surface area contributed by atoms with Crippen LogP contribution < -0.4 is 4.31 Å². The van der Waals surface area contributed by atoms with E-state index in [9.17, 15) is 0 Å². The second-order valence-electron chi connectivity index (χ2n) is 7.23. The van der Waals surface area contributed by atoms with Crippen molar-refractivity contribution in [3.05, 3.63) is 72.3 Å². The van der Waals surface area contributed by atoms with Gasteiger partial charge in [-0.2, -0.15) is 0 Å². The van der Waals surface area contributed by atoms with Crippen LogP contribution in [-0.4, -0.2) is 32.1 Å². The topological polar surface area (TPSA) is 36.3 Å². The van der Waals surface area contributed by atoms with Crippen molar-refractivity contribution >= 4 is 35.0 Å². The van der Waals surface area contributed by atoms with Crippen molar-refractivity contribution in [2.45, 2.75) is 37.3 Å². The zero-order valence-corrected chi connectivity index (χ0v) is 18.4. The molecule has 2 aromatic carbocycles. The normalized spacial score (nSPS) is 14.9. The minimum absolute atomic E-state index is 0.116. The fourth-order valence-electron chi connectivity index (χ4n) is 3.47. The Bertz CT molecular complexity index is 809. The van der Waals surface area contributed by atoms with Crippen molar-refractivity contribution in [1.82, 2.24) is 0 Å². The smallest absolute Gasteiger partial charge is 0.267 e. The summed E-state index contributed by atoms with van der Waals surface area (Å²) < 4.78 is 6.69. The van der Waals surface area contributed by atoms with E-state index in [1.165, 1.54) is 11.3 Å². The molecule has 0 bridgehead atoms. The molecule has 0 aromatic heterocycles. The zero-order valence-electron chi connectivity index (χ0n) is 17.6. The molecule has 0 radical (unpaired) electrons. The van der Waals surface area contributed by atoms with Gasteiger partial charge in [-0.05, 0) is 36.1 Å². The van der Waals surface area contributed by atoms with Gasteiger partial charge in [0.05, 0.1) is 6.54 Å². The lowest BCUT2D eigenvalue weighted by Crippen LogP contribution is -2.28. The predicted molar refractivity (Wildman–Crippen MR) is 131 cm³/mol. The van der Waals surface area contributed by atoms with Crippen LogP contribution in [0, 0.1) is 11.2 Å². The molecule has 1 unspecified atom stereocenters. The van der Waals surface area contributed by atoms with Crippen LogP contribution >= 0.6 is 10.7 Å². The van der Waals surface area contributed by atoms with Crippen LogP contribution in [0.25, 0.3) is 6.08 Å². The number of para-hydroxylation sites is 1. The molecule has 5 heteroatoms. The number of hydrogen-bond donors (Lipinski definition) is 0. The highest BCUT2D eigenvalue weighted by Crippen LogP contribution is 2.39. The van der Waals surface area contributed by atoms with Gasteiger partial charge in [-0.1, -0.05) is 84.3 Å². The number of nitrogens with zero attached hydrogens (tertiary/aromatic N) is 2. The Kier molecular flexibility index (Phi) is 9.77. The van der Waals surface area contributed by atoms with Crippen molar-refractivity contribution in [2.24, 2.45) is 0 Å². The maximum Gasteiger partial charge on any atom is 0.267 e. The molecule has 3 nitrogen and oxygen atoms in total. The molecule has 0 amide bonds. The van der Waals surface area contributed by atoms with Gasteiger partial charge >= 0.3 is 0 Å². The van der Waals surface area contributed by atoms with E-state index >= 15 is 0 Å². The molecule has 1 atom stereocenters. The van der Waals surface area contributed by atoms with E-state index in [2.05, 4.69) is 82.1 Å². The van der Waals surface area contributed by atoms with Gasteiger partial charge in [0.25, 0.3) is 6.71 Å². The minimum Gasteiger partial charge on any atom is -0.388 e.